The lowest BCUT2D eigenvalue weighted by molar-refractivity contribution is -0.941. The molecule has 1 rings (SSSR count). The first-order valence-electron chi connectivity index (χ1n) is 16.6. The first-order valence-corrected chi connectivity index (χ1v) is 16.6. The summed E-state index contributed by atoms with van der Waals surface area (Å²) in [4.78, 5) is 0. The normalized spacial score (nSPS) is 12.5. The van der Waals surface area contributed by atoms with Gasteiger partial charge in [0.25, 0.3) is 0 Å². The maximum atomic E-state index is 2.46. The Hall–Kier alpha value is -1.60. The molecule has 0 N–H and O–H groups in total. The molecule has 0 saturated carbocycles. The molecule has 0 amide bonds. The van der Waals surface area contributed by atoms with E-state index in [2.05, 4.69) is 87.6 Å². The maximum absolute atomic E-state index is 2.46. The second-order valence-corrected chi connectivity index (χ2v) is 11.5. The van der Waals surface area contributed by atoms with Gasteiger partial charge in [-0.3, -0.25) is 0 Å². The SMILES string of the molecule is CCCCC/C=C/CCC[N+](CCC/C=C/CCCCC)(CCC/C=C/CCCCC)Cc1ccccc1. The number of rotatable bonds is 26. The Balaban J connectivity index is 2.76. The Morgan fingerprint density at radius 1 is 0.447 bits per heavy atom. The van der Waals surface area contributed by atoms with Crippen LogP contribution in [-0.2, 0) is 6.54 Å². The van der Waals surface area contributed by atoms with Crippen molar-refractivity contribution in [2.45, 2.75) is 143 Å². The largest absolute Gasteiger partial charge is 0.320 e. The second kappa shape index (κ2) is 25.7. The molecule has 0 fully saturated rings. The van der Waals surface area contributed by atoms with Crippen LogP contribution in [0.3, 0.4) is 0 Å². The van der Waals surface area contributed by atoms with Crippen LogP contribution in [0.4, 0.5) is 0 Å². The maximum Gasteiger partial charge on any atom is 0.104 e. The fraction of sp³-hybridized carbons (Fsp3) is 0.676. The Labute approximate surface area is 239 Å². The molecule has 1 aromatic carbocycles. The summed E-state index contributed by atoms with van der Waals surface area (Å²) in [5.74, 6) is 0. The Morgan fingerprint density at radius 2 is 0.789 bits per heavy atom. The summed E-state index contributed by atoms with van der Waals surface area (Å²) in [5.41, 5.74) is 1.51. The molecular weight excluding hydrogens is 458 g/mol. The van der Waals surface area contributed by atoms with Gasteiger partial charge in [0.15, 0.2) is 0 Å². The average Bonchev–Trinajstić information content (AvgIpc) is 2.93. The summed E-state index contributed by atoms with van der Waals surface area (Å²) in [5, 5.41) is 0. The Bertz CT molecular complexity index is 634. The van der Waals surface area contributed by atoms with Gasteiger partial charge in [-0.05, 0) is 57.8 Å². The van der Waals surface area contributed by atoms with Crippen LogP contribution in [0, 0.1) is 0 Å². The van der Waals surface area contributed by atoms with Crippen molar-refractivity contribution in [1.82, 2.24) is 0 Å². The molecule has 0 aliphatic rings. The van der Waals surface area contributed by atoms with Gasteiger partial charge in [-0.25, -0.2) is 0 Å². The van der Waals surface area contributed by atoms with Gasteiger partial charge in [-0.15, -0.1) is 0 Å². The molecule has 1 aromatic rings. The van der Waals surface area contributed by atoms with Gasteiger partial charge in [0.05, 0.1) is 19.6 Å². The summed E-state index contributed by atoms with van der Waals surface area (Å²) < 4.78 is 1.25. The summed E-state index contributed by atoms with van der Waals surface area (Å²) in [6.45, 7) is 12.0. The number of allylic oxidation sites excluding steroid dienone is 6. The molecule has 0 aliphatic heterocycles. The fourth-order valence-corrected chi connectivity index (χ4v) is 5.42. The van der Waals surface area contributed by atoms with Crippen molar-refractivity contribution in [2.24, 2.45) is 0 Å². The van der Waals surface area contributed by atoms with Crippen molar-refractivity contribution in [3.63, 3.8) is 0 Å². The number of nitrogens with zero attached hydrogens (tertiary/aromatic N) is 1. The Kier molecular flexibility index (Phi) is 23.3. The molecule has 0 saturated heterocycles. The van der Waals surface area contributed by atoms with Crippen LogP contribution in [0.2, 0.25) is 0 Å². The molecule has 0 aromatic heterocycles. The molecule has 0 unspecified atom stereocenters. The molecule has 0 radical (unpaired) electrons. The van der Waals surface area contributed by atoms with E-state index < -0.39 is 0 Å². The molecule has 0 bridgehead atoms. The average molecular weight is 523 g/mol. The zero-order valence-electron chi connectivity index (χ0n) is 25.9. The van der Waals surface area contributed by atoms with Crippen LogP contribution in [0.5, 0.6) is 0 Å². The van der Waals surface area contributed by atoms with Gasteiger partial charge in [-0.2, -0.15) is 0 Å². The van der Waals surface area contributed by atoms with E-state index in [0.29, 0.717) is 0 Å². The minimum atomic E-state index is 1.18. The first kappa shape index (κ1) is 34.4. The number of hydrogen-bond donors (Lipinski definition) is 0. The third kappa shape index (κ3) is 19.5. The minimum absolute atomic E-state index is 1.18. The minimum Gasteiger partial charge on any atom is -0.320 e. The van der Waals surface area contributed by atoms with E-state index in [1.807, 2.05) is 0 Å². The molecule has 38 heavy (non-hydrogen) atoms. The smallest absolute Gasteiger partial charge is 0.104 e. The lowest BCUT2D eigenvalue weighted by atomic mass is 10.1. The summed E-state index contributed by atoms with van der Waals surface area (Å²) in [7, 11) is 0. The quantitative estimate of drug-likeness (QED) is 0.0644. The third-order valence-corrected chi connectivity index (χ3v) is 7.79. The second-order valence-electron chi connectivity index (χ2n) is 11.5. The number of benzene rings is 1. The van der Waals surface area contributed by atoms with Gasteiger partial charge < -0.3 is 4.48 Å². The summed E-state index contributed by atoms with van der Waals surface area (Å²) in [6, 6.07) is 11.3. The van der Waals surface area contributed by atoms with Crippen LogP contribution >= 0.6 is 0 Å². The highest BCUT2D eigenvalue weighted by Crippen LogP contribution is 2.21. The number of quaternary nitrogens is 1. The highest BCUT2D eigenvalue weighted by molar-refractivity contribution is 5.13. The van der Waals surface area contributed by atoms with Crippen molar-refractivity contribution in [2.75, 3.05) is 19.6 Å². The highest BCUT2D eigenvalue weighted by atomic mass is 15.3. The molecule has 1 heteroatoms. The zero-order chi connectivity index (χ0) is 27.4. The molecule has 0 heterocycles. The summed E-state index contributed by atoms with van der Waals surface area (Å²) in [6.07, 6.45) is 38.1. The number of unbranched alkanes of at least 4 members (excludes halogenated alkanes) is 12. The molecule has 0 spiro atoms. The van der Waals surface area contributed by atoms with Crippen molar-refractivity contribution in [3.8, 4) is 0 Å². The van der Waals surface area contributed by atoms with Gasteiger partial charge in [0.1, 0.15) is 6.54 Å². The van der Waals surface area contributed by atoms with E-state index in [4.69, 9.17) is 0 Å². The monoisotopic (exact) mass is 523 g/mol. The van der Waals surface area contributed by atoms with E-state index in [9.17, 15) is 0 Å². The zero-order valence-corrected chi connectivity index (χ0v) is 25.9. The summed E-state index contributed by atoms with van der Waals surface area (Å²) >= 11 is 0. The van der Waals surface area contributed by atoms with Crippen LogP contribution < -0.4 is 0 Å². The highest BCUT2D eigenvalue weighted by Gasteiger charge is 2.26. The van der Waals surface area contributed by atoms with E-state index in [1.54, 1.807) is 0 Å². The molecular formula is C37H64N+. The predicted octanol–water partition coefficient (Wildman–Crippen LogP) is 11.8. The van der Waals surface area contributed by atoms with Gasteiger partial charge >= 0.3 is 0 Å². The first-order chi connectivity index (χ1) is 18.8. The van der Waals surface area contributed by atoms with Crippen LogP contribution in [0.1, 0.15) is 142 Å². The topological polar surface area (TPSA) is 0 Å². The van der Waals surface area contributed by atoms with Crippen molar-refractivity contribution in [1.29, 1.82) is 0 Å². The molecule has 0 atom stereocenters. The van der Waals surface area contributed by atoms with Crippen molar-refractivity contribution < 1.29 is 4.48 Å². The van der Waals surface area contributed by atoms with Crippen molar-refractivity contribution in [3.05, 3.63) is 72.4 Å². The molecule has 0 aliphatic carbocycles. The lowest BCUT2D eigenvalue weighted by Gasteiger charge is -2.39. The van der Waals surface area contributed by atoms with Crippen molar-refractivity contribution >= 4 is 0 Å². The third-order valence-electron chi connectivity index (χ3n) is 7.79. The number of hydrogen-bond acceptors (Lipinski definition) is 0. The Morgan fingerprint density at radius 3 is 1.13 bits per heavy atom. The predicted molar refractivity (Wildman–Crippen MR) is 173 cm³/mol. The van der Waals surface area contributed by atoms with Crippen LogP contribution in [-0.4, -0.2) is 24.1 Å². The van der Waals surface area contributed by atoms with Gasteiger partial charge in [0.2, 0.25) is 0 Å². The van der Waals surface area contributed by atoms with E-state index >= 15 is 0 Å². The van der Waals surface area contributed by atoms with Crippen LogP contribution in [0.25, 0.3) is 0 Å². The van der Waals surface area contributed by atoms with Crippen LogP contribution in [0.15, 0.2) is 66.8 Å². The van der Waals surface area contributed by atoms with E-state index in [1.165, 1.54) is 152 Å². The molecule has 216 valence electrons. The fourth-order valence-electron chi connectivity index (χ4n) is 5.42. The lowest BCUT2D eigenvalue weighted by Crippen LogP contribution is -2.49. The van der Waals surface area contributed by atoms with Gasteiger partial charge in [0, 0.05) is 24.8 Å². The van der Waals surface area contributed by atoms with E-state index in [0.717, 1.165) is 0 Å². The standard InChI is InChI=1S/C37H64N/c1-4-7-10-13-16-19-22-28-33-38(36-37-31-26-25-27-32-37,34-29-23-20-17-14-11-8-5-2)35-30-24-21-18-15-12-9-6-3/h16-21,25-27,31-32H,4-15,22-24,28-30,33-36H2,1-3H3/q+1/b19-16+,20-17+,21-18+. The van der Waals surface area contributed by atoms with Gasteiger partial charge in [-0.1, -0.05) is 126 Å². The molecule has 1 nitrogen and oxygen atoms in total. The van der Waals surface area contributed by atoms with E-state index in [-0.39, 0.29) is 0 Å².